The van der Waals surface area contributed by atoms with Crippen molar-refractivity contribution < 1.29 is 0 Å². The maximum atomic E-state index is 2.51. The number of anilines is 3. The fraction of sp³-hybridized carbons (Fsp3) is 0.0175. The Balaban J connectivity index is 1.11. The highest BCUT2D eigenvalue weighted by atomic mass is 15.1. The van der Waals surface area contributed by atoms with Crippen LogP contribution in [0.4, 0.5) is 17.1 Å². The number of hydrogen-bond donors (Lipinski definition) is 0. The fourth-order valence-electron chi connectivity index (χ4n) is 10.7. The van der Waals surface area contributed by atoms with E-state index >= 15 is 0 Å². The van der Waals surface area contributed by atoms with Crippen LogP contribution in [0, 0.1) is 0 Å². The lowest BCUT2D eigenvalue weighted by molar-refractivity contribution is 0.792. The normalized spacial score (nSPS) is 13.2. The highest BCUT2D eigenvalue weighted by Crippen LogP contribution is 2.63. The summed E-state index contributed by atoms with van der Waals surface area (Å²) >= 11 is 0. The van der Waals surface area contributed by atoms with Crippen molar-refractivity contribution in [2.45, 2.75) is 5.41 Å². The van der Waals surface area contributed by atoms with E-state index in [2.05, 4.69) is 228 Å². The Morgan fingerprint density at radius 3 is 1.56 bits per heavy atom. The molecule has 0 saturated carbocycles. The lowest BCUT2D eigenvalue weighted by atomic mass is 9.70. The Labute approximate surface area is 342 Å². The van der Waals surface area contributed by atoms with Crippen molar-refractivity contribution in [1.29, 1.82) is 0 Å². The van der Waals surface area contributed by atoms with Gasteiger partial charge in [0.2, 0.25) is 0 Å². The molecule has 0 bridgehead atoms. The molecular formula is C57H36N2. The largest absolute Gasteiger partial charge is 0.310 e. The molecule has 0 saturated heterocycles. The van der Waals surface area contributed by atoms with E-state index in [9.17, 15) is 0 Å². The minimum absolute atomic E-state index is 0.531. The van der Waals surface area contributed by atoms with E-state index in [4.69, 9.17) is 0 Å². The standard InChI is InChI=1S/C57H36N2/c1-2-16-39-34-40(29-28-37(39)14-1)58(54-27-13-17-38-15-3-4-18-43(38)54)41-30-32-46-47-33-31-42(59-55-25-11-7-21-48(55)49-22-8-12-26-56(49)59)36-53(47)57(52(46)35-41)50-23-9-5-19-44(50)45-20-6-10-24-51(45)57/h1-36H. The summed E-state index contributed by atoms with van der Waals surface area (Å²) in [5.41, 5.74) is 17.0. The SMILES string of the molecule is c1ccc2c(c1)-c1ccccc1C21c2cc(N(c3ccc4ccccc4c3)c3cccc4ccccc34)ccc2-c2ccc(-n3c4ccccc4c4ccccc43)cc21. The van der Waals surface area contributed by atoms with Gasteiger partial charge in [0.25, 0.3) is 0 Å². The first-order chi connectivity index (χ1) is 29.3. The number of para-hydroxylation sites is 2. The fourth-order valence-corrected chi connectivity index (χ4v) is 10.7. The maximum absolute atomic E-state index is 2.51. The van der Waals surface area contributed by atoms with Gasteiger partial charge in [0, 0.05) is 33.2 Å². The van der Waals surface area contributed by atoms with E-state index in [-0.39, 0.29) is 0 Å². The zero-order valence-electron chi connectivity index (χ0n) is 32.2. The lowest BCUT2D eigenvalue weighted by Gasteiger charge is -2.32. The van der Waals surface area contributed by atoms with Crippen LogP contribution in [0.15, 0.2) is 218 Å². The predicted molar refractivity (Wildman–Crippen MR) is 247 cm³/mol. The molecule has 0 atom stereocenters. The lowest BCUT2D eigenvalue weighted by Crippen LogP contribution is -2.26. The summed E-state index contributed by atoms with van der Waals surface area (Å²) in [6, 6.07) is 81.3. The van der Waals surface area contributed by atoms with Gasteiger partial charge in [-0.1, -0.05) is 164 Å². The molecule has 0 radical (unpaired) electrons. The van der Waals surface area contributed by atoms with E-state index in [1.165, 1.54) is 93.5 Å². The number of aromatic nitrogens is 1. The third-order valence-electron chi connectivity index (χ3n) is 13.2. The van der Waals surface area contributed by atoms with Gasteiger partial charge in [-0.3, -0.25) is 0 Å². The van der Waals surface area contributed by atoms with Gasteiger partial charge in [0.1, 0.15) is 0 Å². The van der Waals surface area contributed by atoms with Crippen LogP contribution < -0.4 is 4.90 Å². The second-order valence-electron chi connectivity index (χ2n) is 16.0. The van der Waals surface area contributed by atoms with Crippen LogP contribution >= 0.6 is 0 Å². The molecule has 0 amide bonds. The Bertz CT molecular complexity index is 3430. The monoisotopic (exact) mass is 748 g/mol. The molecule has 11 aromatic rings. The third kappa shape index (κ3) is 4.40. The quantitative estimate of drug-likeness (QED) is 0.174. The molecule has 2 aliphatic carbocycles. The summed E-state index contributed by atoms with van der Waals surface area (Å²) in [5.74, 6) is 0. The second kappa shape index (κ2) is 12.2. The average Bonchev–Trinajstić information content (AvgIpc) is 3.91. The van der Waals surface area contributed by atoms with Crippen LogP contribution in [-0.2, 0) is 5.41 Å². The molecule has 274 valence electrons. The molecule has 2 nitrogen and oxygen atoms in total. The Morgan fingerprint density at radius 2 is 0.831 bits per heavy atom. The number of hydrogen-bond acceptors (Lipinski definition) is 1. The first-order valence-electron chi connectivity index (χ1n) is 20.5. The van der Waals surface area contributed by atoms with Crippen molar-refractivity contribution in [2.24, 2.45) is 0 Å². The van der Waals surface area contributed by atoms with Crippen LogP contribution in [-0.4, -0.2) is 4.57 Å². The van der Waals surface area contributed by atoms with E-state index in [0.29, 0.717) is 0 Å². The van der Waals surface area contributed by atoms with Gasteiger partial charge in [0.05, 0.1) is 22.1 Å². The topological polar surface area (TPSA) is 8.17 Å². The molecule has 0 fully saturated rings. The van der Waals surface area contributed by atoms with Crippen LogP contribution in [0.2, 0.25) is 0 Å². The van der Waals surface area contributed by atoms with Crippen LogP contribution in [0.1, 0.15) is 22.3 Å². The molecule has 0 aliphatic heterocycles. The molecular weight excluding hydrogens is 713 g/mol. The van der Waals surface area contributed by atoms with Gasteiger partial charge in [-0.15, -0.1) is 0 Å². The molecule has 2 heteroatoms. The summed E-state index contributed by atoms with van der Waals surface area (Å²) in [4.78, 5) is 2.47. The van der Waals surface area contributed by atoms with Gasteiger partial charge in [0.15, 0.2) is 0 Å². The third-order valence-corrected chi connectivity index (χ3v) is 13.2. The molecule has 13 rings (SSSR count). The molecule has 10 aromatic carbocycles. The van der Waals surface area contributed by atoms with Gasteiger partial charge < -0.3 is 9.47 Å². The van der Waals surface area contributed by atoms with E-state index in [1.807, 2.05) is 0 Å². The summed E-state index contributed by atoms with van der Waals surface area (Å²) in [5, 5.41) is 7.42. The van der Waals surface area contributed by atoms with E-state index < -0.39 is 5.41 Å². The van der Waals surface area contributed by atoms with Crippen molar-refractivity contribution in [3.63, 3.8) is 0 Å². The summed E-state index contributed by atoms with van der Waals surface area (Å²) in [6.07, 6.45) is 0. The van der Waals surface area contributed by atoms with Crippen molar-refractivity contribution in [1.82, 2.24) is 4.57 Å². The molecule has 59 heavy (non-hydrogen) atoms. The second-order valence-corrected chi connectivity index (χ2v) is 16.0. The Hall–Kier alpha value is -7.68. The van der Waals surface area contributed by atoms with E-state index in [0.717, 1.165) is 17.1 Å². The van der Waals surface area contributed by atoms with E-state index in [1.54, 1.807) is 0 Å². The summed E-state index contributed by atoms with van der Waals surface area (Å²) in [7, 11) is 0. The molecule has 1 aromatic heterocycles. The van der Waals surface area contributed by atoms with Gasteiger partial charge in [-0.05, 0) is 115 Å². The van der Waals surface area contributed by atoms with Crippen LogP contribution in [0.3, 0.4) is 0 Å². The van der Waals surface area contributed by atoms with Crippen molar-refractivity contribution >= 4 is 60.4 Å². The van der Waals surface area contributed by atoms with Crippen molar-refractivity contribution in [3.05, 3.63) is 241 Å². The molecule has 1 heterocycles. The van der Waals surface area contributed by atoms with Gasteiger partial charge in [-0.2, -0.15) is 0 Å². The Kier molecular flexibility index (Phi) is 6.68. The number of rotatable bonds is 4. The highest BCUT2D eigenvalue weighted by molar-refractivity contribution is 6.09. The maximum Gasteiger partial charge on any atom is 0.0727 e. The highest BCUT2D eigenvalue weighted by Gasteiger charge is 2.52. The summed E-state index contributed by atoms with van der Waals surface area (Å²) < 4.78 is 2.46. The molecule has 0 N–H and O–H groups in total. The van der Waals surface area contributed by atoms with Crippen LogP contribution in [0.5, 0.6) is 0 Å². The molecule has 1 spiro atoms. The average molecular weight is 749 g/mol. The van der Waals surface area contributed by atoms with Gasteiger partial charge >= 0.3 is 0 Å². The molecule has 0 unspecified atom stereocenters. The number of fused-ring (bicyclic) bond motifs is 15. The first kappa shape index (κ1) is 32.4. The van der Waals surface area contributed by atoms with Crippen molar-refractivity contribution in [2.75, 3.05) is 4.90 Å². The molecule has 2 aliphatic rings. The minimum Gasteiger partial charge on any atom is -0.310 e. The van der Waals surface area contributed by atoms with Crippen molar-refractivity contribution in [3.8, 4) is 27.9 Å². The predicted octanol–water partition coefficient (Wildman–Crippen LogP) is 14.9. The zero-order chi connectivity index (χ0) is 38.7. The smallest absolute Gasteiger partial charge is 0.0727 e. The van der Waals surface area contributed by atoms with Gasteiger partial charge in [-0.25, -0.2) is 0 Å². The first-order valence-corrected chi connectivity index (χ1v) is 20.5. The zero-order valence-corrected chi connectivity index (χ0v) is 32.2. The minimum atomic E-state index is -0.531. The number of benzene rings is 10. The van der Waals surface area contributed by atoms with Crippen LogP contribution in [0.25, 0.3) is 71.3 Å². The summed E-state index contributed by atoms with van der Waals surface area (Å²) in [6.45, 7) is 0. The number of nitrogens with zero attached hydrogens (tertiary/aromatic N) is 2. The Morgan fingerprint density at radius 1 is 0.322 bits per heavy atom.